The first-order valence-corrected chi connectivity index (χ1v) is 2.28. The molecule has 0 aromatic carbocycles. The van der Waals surface area contributed by atoms with E-state index in [1.807, 2.05) is 0 Å². The van der Waals surface area contributed by atoms with Gasteiger partial charge in [0.05, 0.1) is 6.61 Å². The van der Waals surface area contributed by atoms with Gasteiger partial charge in [-0.2, -0.15) is 8.78 Å². The van der Waals surface area contributed by atoms with E-state index in [1.54, 1.807) is 6.92 Å². The lowest BCUT2D eigenvalue weighted by atomic mass is 10.4. The predicted octanol–water partition coefficient (Wildman–Crippen LogP) is 0.573. The highest BCUT2D eigenvalue weighted by atomic mass is 19.3. The third-order valence-electron chi connectivity index (χ3n) is 0.485. The van der Waals surface area contributed by atoms with Gasteiger partial charge in [-0.05, 0) is 6.92 Å². The van der Waals surface area contributed by atoms with Crippen molar-refractivity contribution < 1.29 is 13.5 Å². The summed E-state index contributed by atoms with van der Waals surface area (Å²) in [6.45, 7) is -1.18. The Labute approximate surface area is 46.6 Å². The first kappa shape index (κ1) is 7.78. The molecule has 0 aliphatic rings. The maximum Gasteiger partial charge on any atom is 0.345 e. The van der Waals surface area contributed by atoms with Gasteiger partial charge in [0.15, 0.2) is 0 Å². The van der Waals surface area contributed by atoms with Gasteiger partial charge in [-0.25, -0.2) is 0 Å². The summed E-state index contributed by atoms with van der Waals surface area (Å²) in [5.74, 6) is 0. The van der Waals surface area contributed by atoms with Crippen molar-refractivity contribution in [3.63, 3.8) is 0 Å². The Kier molecular flexibility index (Phi) is 3.64. The van der Waals surface area contributed by atoms with Crippen molar-refractivity contribution >= 4 is 0 Å². The van der Waals surface area contributed by atoms with E-state index in [9.17, 15) is 8.78 Å². The lowest BCUT2D eigenvalue weighted by molar-refractivity contribution is -0.131. The molecule has 0 aromatic rings. The van der Waals surface area contributed by atoms with Gasteiger partial charge in [0.25, 0.3) is 0 Å². The molecule has 0 aliphatic heterocycles. The van der Waals surface area contributed by atoms with Gasteiger partial charge in [-0.15, -0.1) is 0 Å². The molecule has 2 N–H and O–H groups in total. The lowest BCUT2D eigenvalue weighted by Gasteiger charge is -2.03. The van der Waals surface area contributed by atoms with Crippen molar-refractivity contribution in [1.29, 1.82) is 0 Å². The fourth-order valence-electron chi connectivity index (χ4n) is 0.225. The third-order valence-corrected chi connectivity index (χ3v) is 0.485. The molecule has 1 atom stereocenters. The van der Waals surface area contributed by atoms with Crippen LogP contribution in [0.25, 0.3) is 0 Å². The molecule has 0 fully saturated rings. The second-order valence-corrected chi connectivity index (χ2v) is 1.57. The summed E-state index contributed by atoms with van der Waals surface area (Å²) in [6, 6.07) is -0.316. The molecule has 1 unspecified atom stereocenters. The summed E-state index contributed by atoms with van der Waals surface area (Å²) in [5.41, 5.74) is 5.08. The smallest absolute Gasteiger partial charge is 0.326 e. The van der Waals surface area contributed by atoms with Crippen LogP contribution in [0.3, 0.4) is 0 Å². The first-order valence-electron chi connectivity index (χ1n) is 2.28. The molecule has 0 aliphatic carbocycles. The highest BCUT2D eigenvalue weighted by Crippen LogP contribution is 1.93. The number of nitrogens with two attached hydrogens (primary N) is 1. The molecule has 50 valence electrons. The zero-order valence-electron chi connectivity index (χ0n) is 4.60. The molecule has 0 saturated carbocycles. The quantitative estimate of drug-likeness (QED) is 0.598. The summed E-state index contributed by atoms with van der Waals surface area (Å²) < 4.78 is 26.1. The maximum atomic E-state index is 11.1. The third kappa shape index (κ3) is 5.78. The fraction of sp³-hybridized carbons (Fsp3) is 1.00. The van der Waals surface area contributed by atoms with E-state index in [4.69, 9.17) is 5.73 Å². The highest BCUT2D eigenvalue weighted by Gasteiger charge is 2.01. The SMILES string of the molecule is CC(N)COC(F)F. The Morgan fingerprint density at radius 1 is 1.62 bits per heavy atom. The van der Waals surface area contributed by atoms with E-state index in [2.05, 4.69) is 4.74 Å². The second-order valence-electron chi connectivity index (χ2n) is 1.57. The van der Waals surface area contributed by atoms with Crippen LogP contribution in [0.1, 0.15) is 6.92 Å². The average molecular weight is 125 g/mol. The minimum Gasteiger partial charge on any atom is -0.326 e. The zero-order chi connectivity index (χ0) is 6.57. The van der Waals surface area contributed by atoms with E-state index >= 15 is 0 Å². The fourth-order valence-corrected chi connectivity index (χ4v) is 0.225. The van der Waals surface area contributed by atoms with Crippen LogP contribution in [0, 0.1) is 0 Å². The number of hydrogen-bond acceptors (Lipinski definition) is 2. The highest BCUT2D eigenvalue weighted by molar-refractivity contribution is 4.46. The largest absolute Gasteiger partial charge is 0.345 e. The molecule has 0 saturated heterocycles. The van der Waals surface area contributed by atoms with E-state index in [1.165, 1.54) is 0 Å². The molecule has 0 aromatic heterocycles. The molecule has 2 nitrogen and oxygen atoms in total. The van der Waals surface area contributed by atoms with Crippen molar-refractivity contribution in [2.45, 2.75) is 19.6 Å². The van der Waals surface area contributed by atoms with Crippen LogP contribution in [-0.4, -0.2) is 19.3 Å². The molecule has 0 bridgehead atoms. The van der Waals surface area contributed by atoms with Crippen LogP contribution in [0.4, 0.5) is 8.78 Å². The summed E-state index contributed by atoms with van der Waals surface area (Å²) in [7, 11) is 0. The Balaban J connectivity index is 2.93. The molecule has 0 spiro atoms. The Hall–Kier alpha value is -0.220. The van der Waals surface area contributed by atoms with Crippen LogP contribution in [0.2, 0.25) is 0 Å². The summed E-state index contributed by atoms with van der Waals surface area (Å²) in [5, 5.41) is 0. The summed E-state index contributed by atoms with van der Waals surface area (Å²) in [4.78, 5) is 0. The minimum atomic E-state index is -2.69. The zero-order valence-corrected chi connectivity index (χ0v) is 4.60. The Morgan fingerprint density at radius 2 is 2.12 bits per heavy atom. The van der Waals surface area contributed by atoms with Crippen molar-refractivity contribution in [3.8, 4) is 0 Å². The number of alkyl halides is 2. The van der Waals surface area contributed by atoms with Gasteiger partial charge in [0, 0.05) is 6.04 Å². The van der Waals surface area contributed by atoms with E-state index in [0.717, 1.165) is 0 Å². The Morgan fingerprint density at radius 3 is 2.25 bits per heavy atom. The number of hydrogen-bond donors (Lipinski definition) is 1. The molecule has 8 heavy (non-hydrogen) atoms. The normalized spacial score (nSPS) is 14.6. The van der Waals surface area contributed by atoms with Crippen LogP contribution in [-0.2, 0) is 4.74 Å². The lowest BCUT2D eigenvalue weighted by Crippen LogP contribution is -2.23. The van der Waals surface area contributed by atoms with Crippen LogP contribution in [0.15, 0.2) is 0 Å². The second kappa shape index (κ2) is 3.74. The topological polar surface area (TPSA) is 35.2 Å². The van der Waals surface area contributed by atoms with E-state index < -0.39 is 6.61 Å². The molecule has 0 radical (unpaired) electrons. The van der Waals surface area contributed by atoms with Crippen molar-refractivity contribution in [2.24, 2.45) is 5.73 Å². The molecular formula is C4H9F2NO. The Bertz CT molecular complexity index is 50.0. The minimum absolute atomic E-state index is 0.0856. The average Bonchev–Trinajstić information content (AvgIpc) is 1.61. The van der Waals surface area contributed by atoms with Gasteiger partial charge in [-0.1, -0.05) is 0 Å². The predicted molar refractivity (Wildman–Crippen MR) is 25.6 cm³/mol. The van der Waals surface area contributed by atoms with E-state index in [0.29, 0.717) is 0 Å². The first-order chi connectivity index (χ1) is 3.63. The molecule has 0 amide bonds. The number of halogens is 2. The van der Waals surface area contributed by atoms with Gasteiger partial charge in [-0.3, -0.25) is 0 Å². The molecule has 0 heterocycles. The number of rotatable bonds is 3. The molecule has 0 rings (SSSR count). The summed E-state index contributed by atoms with van der Waals surface area (Å²) in [6.07, 6.45) is 0. The van der Waals surface area contributed by atoms with Gasteiger partial charge in [0.1, 0.15) is 0 Å². The van der Waals surface area contributed by atoms with Crippen LogP contribution in [0.5, 0.6) is 0 Å². The van der Waals surface area contributed by atoms with Gasteiger partial charge >= 0.3 is 6.61 Å². The molecule has 4 heteroatoms. The van der Waals surface area contributed by atoms with Crippen LogP contribution < -0.4 is 5.73 Å². The monoisotopic (exact) mass is 125 g/mol. The molecular weight excluding hydrogens is 116 g/mol. The van der Waals surface area contributed by atoms with Crippen LogP contribution >= 0.6 is 0 Å². The van der Waals surface area contributed by atoms with Crippen molar-refractivity contribution in [3.05, 3.63) is 0 Å². The van der Waals surface area contributed by atoms with Crippen molar-refractivity contribution in [1.82, 2.24) is 0 Å². The van der Waals surface area contributed by atoms with E-state index in [-0.39, 0.29) is 12.6 Å². The van der Waals surface area contributed by atoms with Gasteiger partial charge < -0.3 is 10.5 Å². The number of ether oxygens (including phenoxy) is 1. The van der Waals surface area contributed by atoms with Gasteiger partial charge in [0.2, 0.25) is 0 Å². The maximum absolute atomic E-state index is 11.1. The standard InChI is InChI=1S/C4H9F2NO/c1-3(7)2-8-4(5)6/h3-4H,2,7H2,1H3. The van der Waals surface area contributed by atoms with Crippen molar-refractivity contribution in [2.75, 3.05) is 6.61 Å². The summed E-state index contributed by atoms with van der Waals surface area (Å²) >= 11 is 0.